The molecule has 0 N–H and O–H groups in total. The summed E-state index contributed by atoms with van der Waals surface area (Å²) in [5, 5.41) is 10.7. The summed E-state index contributed by atoms with van der Waals surface area (Å²) in [6, 6.07) is 1.60. The van der Waals surface area contributed by atoms with E-state index < -0.39 is 0 Å². The van der Waals surface area contributed by atoms with Crippen molar-refractivity contribution in [2.45, 2.75) is 13.3 Å². The average molecular weight is 258 g/mol. The van der Waals surface area contributed by atoms with Crippen molar-refractivity contribution in [3.63, 3.8) is 0 Å². The predicted octanol–water partition coefficient (Wildman–Crippen LogP) is 2.60. The monoisotopic (exact) mass is 257 g/mol. The number of nitrogens with zero attached hydrogens (tertiary/aromatic N) is 1. The van der Waals surface area contributed by atoms with Gasteiger partial charge in [0.25, 0.3) is 5.69 Å². The molecule has 1 heterocycles. The van der Waals surface area contributed by atoms with Crippen LogP contribution in [0.1, 0.15) is 11.1 Å². The maximum atomic E-state index is 10.7. The molecule has 0 saturated carbocycles. The molecule has 1 aromatic rings. The van der Waals surface area contributed by atoms with E-state index in [-0.39, 0.29) is 10.6 Å². The minimum atomic E-state index is -0.362. The van der Waals surface area contributed by atoms with Crippen LogP contribution in [0.2, 0.25) is 0 Å². The van der Waals surface area contributed by atoms with E-state index in [0.29, 0.717) is 16.6 Å². The van der Waals surface area contributed by atoms with Crippen LogP contribution in [0.25, 0.3) is 0 Å². The van der Waals surface area contributed by atoms with Crippen LogP contribution in [0.4, 0.5) is 5.69 Å². The van der Waals surface area contributed by atoms with Gasteiger partial charge in [-0.25, -0.2) is 0 Å². The van der Waals surface area contributed by atoms with Crippen LogP contribution in [-0.2, 0) is 6.42 Å². The normalized spacial score (nSPS) is 13.6. The standard InChI is InChI=1S/C9H8BrNO3/c1-5-7(11(12)13)4-6-2-3-14-9(6)8(5)10/h4H,2-3H2,1H3. The molecule has 0 aromatic heterocycles. The molecule has 2 rings (SSSR count). The first-order valence-electron chi connectivity index (χ1n) is 4.20. The van der Waals surface area contributed by atoms with Gasteiger partial charge in [0.1, 0.15) is 5.75 Å². The predicted molar refractivity (Wildman–Crippen MR) is 54.7 cm³/mol. The van der Waals surface area contributed by atoms with Gasteiger partial charge in [-0.05, 0) is 22.9 Å². The van der Waals surface area contributed by atoms with Crippen LogP contribution in [0, 0.1) is 17.0 Å². The Balaban J connectivity index is 2.67. The van der Waals surface area contributed by atoms with Crippen molar-refractivity contribution in [3.8, 4) is 5.75 Å². The van der Waals surface area contributed by atoms with Gasteiger partial charge in [-0.1, -0.05) is 0 Å². The molecule has 1 aromatic carbocycles. The summed E-state index contributed by atoms with van der Waals surface area (Å²) in [7, 11) is 0. The summed E-state index contributed by atoms with van der Waals surface area (Å²) >= 11 is 3.32. The molecule has 0 aliphatic carbocycles. The van der Waals surface area contributed by atoms with Gasteiger partial charge in [0.05, 0.1) is 16.0 Å². The first kappa shape index (κ1) is 9.45. The van der Waals surface area contributed by atoms with Crippen molar-refractivity contribution in [1.82, 2.24) is 0 Å². The Bertz CT molecular complexity index is 417. The van der Waals surface area contributed by atoms with E-state index in [2.05, 4.69) is 15.9 Å². The Morgan fingerprint density at radius 1 is 1.64 bits per heavy atom. The number of nitro benzene ring substituents is 1. The third-order valence-corrected chi connectivity index (χ3v) is 3.28. The van der Waals surface area contributed by atoms with Crippen molar-refractivity contribution >= 4 is 21.6 Å². The van der Waals surface area contributed by atoms with Crippen LogP contribution >= 0.6 is 15.9 Å². The first-order valence-corrected chi connectivity index (χ1v) is 4.99. The Kier molecular flexibility index (Phi) is 2.19. The van der Waals surface area contributed by atoms with Crippen LogP contribution in [0.5, 0.6) is 5.75 Å². The highest BCUT2D eigenvalue weighted by molar-refractivity contribution is 9.10. The number of nitro groups is 1. The maximum Gasteiger partial charge on any atom is 0.273 e. The zero-order chi connectivity index (χ0) is 10.3. The van der Waals surface area contributed by atoms with Crippen molar-refractivity contribution in [1.29, 1.82) is 0 Å². The quantitative estimate of drug-likeness (QED) is 0.574. The molecule has 0 unspecified atom stereocenters. The van der Waals surface area contributed by atoms with Crippen molar-refractivity contribution in [2.24, 2.45) is 0 Å². The number of fused-ring (bicyclic) bond motifs is 1. The molecule has 0 radical (unpaired) electrons. The molecule has 1 aliphatic rings. The Morgan fingerprint density at radius 2 is 2.36 bits per heavy atom. The minimum Gasteiger partial charge on any atom is -0.492 e. The minimum absolute atomic E-state index is 0.154. The second-order valence-corrected chi connectivity index (χ2v) is 3.97. The van der Waals surface area contributed by atoms with E-state index in [1.807, 2.05) is 0 Å². The van der Waals surface area contributed by atoms with Crippen molar-refractivity contribution in [2.75, 3.05) is 6.61 Å². The zero-order valence-corrected chi connectivity index (χ0v) is 9.13. The topological polar surface area (TPSA) is 52.4 Å². The molecule has 0 amide bonds. The summed E-state index contributed by atoms with van der Waals surface area (Å²) in [5.74, 6) is 0.758. The Morgan fingerprint density at radius 3 is 3.00 bits per heavy atom. The molecule has 4 nitrogen and oxygen atoms in total. The van der Waals surface area contributed by atoms with Crippen LogP contribution in [0.3, 0.4) is 0 Å². The highest BCUT2D eigenvalue weighted by Crippen LogP contribution is 2.40. The van der Waals surface area contributed by atoms with Gasteiger partial charge in [0.15, 0.2) is 0 Å². The highest BCUT2D eigenvalue weighted by atomic mass is 79.9. The lowest BCUT2D eigenvalue weighted by molar-refractivity contribution is -0.385. The van der Waals surface area contributed by atoms with Crippen molar-refractivity contribution < 1.29 is 9.66 Å². The van der Waals surface area contributed by atoms with E-state index in [1.54, 1.807) is 13.0 Å². The molecule has 0 atom stereocenters. The summed E-state index contributed by atoms with van der Waals surface area (Å²) in [4.78, 5) is 10.4. The number of ether oxygens (including phenoxy) is 1. The summed E-state index contributed by atoms with van der Waals surface area (Å²) < 4.78 is 6.08. The number of hydrogen-bond donors (Lipinski definition) is 0. The Hall–Kier alpha value is -1.10. The van der Waals surface area contributed by atoms with Gasteiger partial charge in [-0.3, -0.25) is 10.1 Å². The Labute approximate surface area is 89.2 Å². The number of benzene rings is 1. The molecule has 0 spiro atoms. The zero-order valence-electron chi connectivity index (χ0n) is 7.54. The van der Waals surface area contributed by atoms with Crippen LogP contribution < -0.4 is 4.74 Å². The van der Waals surface area contributed by atoms with Gasteiger partial charge in [0, 0.05) is 23.6 Å². The van der Waals surface area contributed by atoms with Crippen LogP contribution in [0.15, 0.2) is 10.5 Å². The largest absolute Gasteiger partial charge is 0.492 e. The molecule has 74 valence electrons. The van der Waals surface area contributed by atoms with Gasteiger partial charge < -0.3 is 4.74 Å². The second kappa shape index (κ2) is 3.24. The van der Waals surface area contributed by atoms with E-state index in [4.69, 9.17) is 4.74 Å². The summed E-state index contributed by atoms with van der Waals surface area (Å²) in [5.41, 5.74) is 1.69. The second-order valence-electron chi connectivity index (χ2n) is 3.18. The van der Waals surface area contributed by atoms with E-state index >= 15 is 0 Å². The lowest BCUT2D eigenvalue weighted by Crippen LogP contribution is -1.94. The molecule has 14 heavy (non-hydrogen) atoms. The fourth-order valence-electron chi connectivity index (χ4n) is 1.56. The third kappa shape index (κ3) is 1.28. The van der Waals surface area contributed by atoms with Gasteiger partial charge >= 0.3 is 0 Å². The van der Waals surface area contributed by atoms with E-state index in [1.165, 1.54) is 0 Å². The molecular formula is C9H8BrNO3. The summed E-state index contributed by atoms with van der Waals surface area (Å²) in [6.07, 6.45) is 0.745. The SMILES string of the molecule is Cc1c([N+](=O)[O-])cc2c(c1Br)OCC2. The lowest BCUT2D eigenvalue weighted by atomic mass is 10.1. The van der Waals surface area contributed by atoms with Gasteiger partial charge in [-0.15, -0.1) is 0 Å². The summed E-state index contributed by atoms with van der Waals surface area (Å²) in [6.45, 7) is 2.32. The molecule has 0 saturated heterocycles. The highest BCUT2D eigenvalue weighted by Gasteiger charge is 2.24. The molecule has 5 heteroatoms. The number of halogens is 1. The fourth-order valence-corrected chi connectivity index (χ4v) is 2.13. The first-order chi connectivity index (χ1) is 6.61. The average Bonchev–Trinajstić information content (AvgIpc) is 2.58. The maximum absolute atomic E-state index is 10.7. The third-order valence-electron chi connectivity index (χ3n) is 2.33. The fraction of sp³-hybridized carbons (Fsp3) is 0.333. The van der Waals surface area contributed by atoms with E-state index in [9.17, 15) is 10.1 Å². The van der Waals surface area contributed by atoms with Crippen molar-refractivity contribution in [3.05, 3.63) is 31.8 Å². The lowest BCUT2D eigenvalue weighted by Gasteiger charge is -2.05. The smallest absolute Gasteiger partial charge is 0.273 e. The van der Waals surface area contributed by atoms with E-state index in [0.717, 1.165) is 17.7 Å². The van der Waals surface area contributed by atoms with Crippen LogP contribution in [-0.4, -0.2) is 11.5 Å². The van der Waals surface area contributed by atoms with Gasteiger partial charge in [-0.2, -0.15) is 0 Å². The molecule has 1 aliphatic heterocycles. The van der Waals surface area contributed by atoms with Gasteiger partial charge in [0.2, 0.25) is 0 Å². The molecule has 0 fully saturated rings. The number of rotatable bonds is 1. The molecule has 0 bridgehead atoms. The molecular weight excluding hydrogens is 250 g/mol. The number of hydrogen-bond acceptors (Lipinski definition) is 3.